The monoisotopic (exact) mass is 587 g/mol. The van der Waals surface area contributed by atoms with Crippen molar-refractivity contribution in [3.63, 3.8) is 0 Å². The van der Waals surface area contributed by atoms with Gasteiger partial charge in [0.2, 0.25) is 0 Å². The van der Waals surface area contributed by atoms with Crippen LogP contribution in [0.4, 0.5) is 11.4 Å². The molecule has 3 amide bonds. The molecule has 1 aliphatic heterocycles. The molecule has 0 spiro atoms. The van der Waals surface area contributed by atoms with E-state index in [0.717, 1.165) is 34.1 Å². The lowest BCUT2D eigenvalue weighted by molar-refractivity contribution is -0.116. The maximum absolute atomic E-state index is 13.6. The molecule has 2 N–H and O–H groups in total. The van der Waals surface area contributed by atoms with Crippen LogP contribution >= 0.6 is 28.6 Å². The van der Waals surface area contributed by atoms with Crippen molar-refractivity contribution in [3.8, 4) is 0 Å². The number of hydrogen-bond acceptors (Lipinski definition) is 4. The minimum absolute atomic E-state index is 0.147. The number of fused-ring (bicyclic) bond motifs is 1. The Morgan fingerprint density at radius 3 is 2.39 bits per heavy atom. The second-order valence-electron chi connectivity index (χ2n) is 9.30. The Hall–Kier alpha value is -3.62. The van der Waals surface area contributed by atoms with E-state index in [4.69, 9.17) is 0 Å². The van der Waals surface area contributed by atoms with Crippen LogP contribution in [0.25, 0.3) is 6.08 Å². The van der Waals surface area contributed by atoms with Crippen molar-refractivity contribution < 1.29 is 14.4 Å². The van der Waals surface area contributed by atoms with E-state index in [1.165, 1.54) is 0 Å². The highest BCUT2D eigenvalue weighted by atomic mass is 79.9. The molecular weight excluding hydrogens is 562 g/mol. The van der Waals surface area contributed by atoms with Gasteiger partial charge in [-0.2, -0.15) is 0 Å². The van der Waals surface area contributed by atoms with Gasteiger partial charge in [0.05, 0.1) is 10.6 Å². The van der Waals surface area contributed by atoms with E-state index in [-0.39, 0.29) is 23.8 Å². The predicted molar refractivity (Wildman–Crippen MR) is 157 cm³/mol. The fraction of sp³-hybridized carbons (Fsp3) is 0.167. The lowest BCUT2D eigenvalue weighted by Crippen LogP contribution is -2.32. The van der Waals surface area contributed by atoms with Crippen molar-refractivity contribution in [1.29, 1.82) is 0 Å². The van der Waals surface area contributed by atoms with Crippen LogP contribution < -0.4 is 15.5 Å². The smallest absolute Gasteiger partial charge is 0.258 e. The molecule has 0 aromatic heterocycles. The van der Waals surface area contributed by atoms with Crippen molar-refractivity contribution in [3.05, 3.63) is 111 Å². The van der Waals surface area contributed by atoms with Gasteiger partial charge in [0.1, 0.15) is 0 Å². The molecule has 1 heterocycles. The average Bonchev–Trinajstić information content (AvgIpc) is 3.75. The van der Waals surface area contributed by atoms with Crippen LogP contribution in [0.5, 0.6) is 0 Å². The van der Waals surface area contributed by atoms with Gasteiger partial charge in [-0.3, -0.25) is 14.4 Å². The molecular formula is C30H26BrN3O3S. The summed E-state index contributed by atoms with van der Waals surface area (Å²) in [7, 11) is 0. The number of carbonyl (C=O) groups excluding carboxylic acids is 3. The molecule has 3 aromatic rings. The Morgan fingerprint density at radius 1 is 0.947 bits per heavy atom. The van der Waals surface area contributed by atoms with Gasteiger partial charge in [0.25, 0.3) is 17.7 Å². The average molecular weight is 589 g/mol. The maximum Gasteiger partial charge on any atom is 0.258 e. The van der Waals surface area contributed by atoms with Crippen molar-refractivity contribution in [2.45, 2.75) is 25.3 Å². The zero-order chi connectivity index (χ0) is 26.6. The Kier molecular flexibility index (Phi) is 7.81. The molecule has 192 valence electrons. The van der Waals surface area contributed by atoms with Gasteiger partial charge in [-0.05, 0) is 97.1 Å². The number of allylic oxidation sites excluding steroid dienone is 1. The Bertz CT molecular complexity index is 1450. The quantitative estimate of drug-likeness (QED) is 0.236. The molecule has 0 unspecified atom stereocenters. The molecule has 5 rings (SSSR count). The van der Waals surface area contributed by atoms with Crippen LogP contribution in [-0.2, 0) is 4.79 Å². The van der Waals surface area contributed by atoms with E-state index >= 15 is 0 Å². The van der Waals surface area contributed by atoms with E-state index in [9.17, 15) is 14.4 Å². The van der Waals surface area contributed by atoms with Crippen molar-refractivity contribution in [2.24, 2.45) is 0 Å². The molecule has 6 nitrogen and oxygen atoms in total. The summed E-state index contributed by atoms with van der Waals surface area (Å²) in [5.41, 5.74) is 4.24. The molecule has 1 saturated carbocycles. The Balaban J connectivity index is 1.34. The second kappa shape index (κ2) is 11.4. The third-order valence-corrected chi connectivity index (χ3v) is 7.21. The van der Waals surface area contributed by atoms with Crippen molar-refractivity contribution >= 4 is 63.7 Å². The van der Waals surface area contributed by atoms with Crippen LogP contribution in [-0.4, -0.2) is 30.3 Å². The van der Waals surface area contributed by atoms with Gasteiger partial charge in [-0.15, -0.1) is 12.6 Å². The van der Waals surface area contributed by atoms with Crippen molar-refractivity contribution in [2.75, 3.05) is 16.8 Å². The van der Waals surface area contributed by atoms with E-state index < -0.39 is 0 Å². The standard InChI is InChI=1S/C30H26BrN3O3S/c31-23-8-13-26-22(18-23)16-19(17-27(38)29(36)33-25-11-12-25)14-15-34(26)30(37)21-6-9-24(10-7-21)32-28(35)20-4-2-1-3-5-20/h1-10,13,16-18,25,38H,11-12,14-15H2,(H,32,35)(H,33,36)/b27-17-. The summed E-state index contributed by atoms with van der Waals surface area (Å²) in [6.07, 6.45) is 6.35. The highest BCUT2D eigenvalue weighted by Gasteiger charge is 2.25. The number of anilines is 2. The fourth-order valence-electron chi connectivity index (χ4n) is 4.22. The highest BCUT2D eigenvalue weighted by Crippen LogP contribution is 2.33. The fourth-order valence-corrected chi connectivity index (χ4v) is 4.83. The van der Waals surface area contributed by atoms with E-state index in [1.54, 1.807) is 47.4 Å². The molecule has 3 aromatic carbocycles. The number of thiol groups is 1. The van der Waals surface area contributed by atoms with Gasteiger partial charge in [-0.1, -0.05) is 34.1 Å². The Labute approximate surface area is 235 Å². The molecule has 1 aliphatic carbocycles. The van der Waals surface area contributed by atoms with E-state index in [0.29, 0.717) is 34.7 Å². The molecule has 2 aliphatic rings. The molecule has 0 bridgehead atoms. The number of nitrogens with zero attached hydrogens (tertiary/aromatic N) is 1. The molecule has 0 radical (unpaired) electrons. The molecule has 0 atom stereocenters. The normalized spacial score (nSPS) is 15.2. The molecule has 0 saturated heterocycles. The third kappa shape index (κ3) is 6.26. The highest BCUT2D eigenvalue weighted by molar-refractivity contribution is 9.10. The lowest BCUT2D eigenvalue weighted by Gasteiger charge is -2.23. The third-order valence-electron chi connectivity index (χ3n) is 6.38. The van der Waals surface area contributed by atoms with Crippen molar-refractivity contribution in [1.82, 2.24) is 5.32 Å². The van der Waals surface area contributed by atoms with Crippen LogP contribution in [0.15, 0.2) is 93.8 Å². The SMILES string of the molecule is O=C(NC1CC1)/C(S)=C/C1=Cc2cc(Br)ccc2N(C(=O)c2ccc(NC(=O)c3ccccc3)cc2)CC1. The van der Waals surface area contributed by atoms with E-state index in [2.05, 4.69) is 39.2 Å². The van der Waals surface area contributed by atoms with Crippen LogP contribution in [0.2, 0.25) is 0 Å². The largest absolute Gasteiger partial charge is 0.349 e. The number of carbonyl (C=O) groups is 3. The zero-order valence-electron chi connectivity index (χ0n) is 20.5. The van der Waals surface area contributed by atoms with Gasteiger partial charge in [0.15, 0.2) is 0 Å². The topological polar surface area (TPSA) is 78.5 Å². The number of halogens is 1. The first-order valence-corrected chi connectivity index (χ1v) is 13.6. The first-order valence-electron chi connectivity index (χ1n) is 12.4. The molecule has 1 fully saturated rings. The summed E-state index contributed by atoms with van der Waals surface area (Å²) in [4.78, 5) is 40.6. The van der Waals surface area contributed by atoms with Crippen LogP contribution in [0.1, 0.15) is 45.5 Å². The first kappa shape index (κ1) is 26.0. The summed E-state index contributed by atoms with van der Waals surface area (Å²) in [5.74, 6) is -0.536. The number of rotatable bonds is 6. The summed E-state index contributed by atoms with van der Waals surface area (Å²) in [6, 6.07) is 21.9. The minimum Gasteiger partial charge on any atom is -0.349 e. The van der Waals surface area contributed by atoms with Gasteiger partial charge in [-0.25, -0.2) is 0 Å². The summed E-state index contributed by atoms with van der Waals surface area (Å²) < 4.78 is 0.890. The van der Waals surface area contributed by atoms with E-state index in [1.807, 2.05) is 42.5 Å². The zero-order valence-corrected chi connectivity index (χ0v) is 23.0. The molecule has 38 heavy (non-hydrogen) atoms. The van der Waals surface area contributed by atoms with Gasteiger partial charge < -0.3 is 15.5 Å². The summed E-state index contributed by atoms with van der Waals surface area (Å²) in [6.45, 7) is 0.438. The second-order valence-corrected chi connectivity index (χ2v) is 10.7. The molecule has 8 heteroatoms. The number of hydrogen-bond donors (Lipinski definition) is 3. The summed E-state index contributed by atoms with van der Waals surface area (Å²) >= 11 is 7.96. The minimum atomic E-state index is -0.210. The number of amides is 3. The predicted octanol–water partition coefficient (Wildman–Crippen LogP) is 6.23. The first-order chi connectivity index (χ1) is 18.4. The Morgan fingerprint density at radius 2 is 1.68 bits per heavy atom. The van der Waals surface area contributed by atoms with Gasteiger partial charge in [0, 0.05) is 33.9 Å². The van der Waals surface area contributed by atoms with Crippen LogP contribution in [0, 0.1) is 0 Å². The number of benzene rings is 3. The van der Waals surface area contributed by atoms with Gasteiger partial charge >= 0.3 is 0 Å². The maximum atomic E-state index is 13.6. The lowest BCUT2D eigenvalue weighted by atomic mass is 10.1. The van der Waals surface area contributed by atoms with Crippen LogP contribution in [0.3, 0.4) is 0 Å². The summed E-state index contributed by atoms with van der Waals surface area (Å²) in [5, 5.41) is 5.81. The number of nitrogens with one attached hydrogen (secondary N) is 2.